The van der Waals surface area contributed by atoms with E-state index in [4.69, 9.17) is 5.73 Å². The number of piperidine rings is 1. The molecule has 0 radical (unpaired) electrons. The highest BCUT2D eigenvalue weighted by atomic mass is 16.2. The smallest absolute Gasteiger partial charge is 0.314 e. The summed E-state index contributed by atoms with van der Waals surface area (Å²) >= 11 is 0. The molecule has 0 unspecified atom stereocenters. The summed E-state index contributed by atoms with van der Waals surface area (Å²) in [7, 11) is 0. The zero-order valence-corrected chi connectivity index (χ0v) is 12.9. The topological polar surface area (TPSA) is 61.6 Å². The zero-order chi connectivity index (χ0) is 14.4. The Morgan fingerprint density at radius 3 is 2.21 bits per heavy atom. The highest BCUT2D eigenvalue weighted by Crippen LogP contribution is 2.10. The number of carbonyl (C=O) groups is 1. The standard InChI is InChI=1S/C14H30N4O/c1-11(2)18(12(3)4)10-7-16-13-5-8-17(9-6-13)14(15)19/h11-13,16H,5-10H2,1-4H3,(H2,15,19). The third-order valence-electron chi connectivity index (χ3n) is 3.94. The molecule has 2 amide bonds. The summed E-state index contributed by atoms with van der Waals surface area (Å²) in [5.41, 5.74) is 5.28. The number of amides is 2. The molecular weight excluding hydrogens is 240 g/mol. The van der Waals surface area contributed by atoms with Crippen LogP contribution in [0.4, 0.5) is 4.79 Å². The van der Waals surface area contributed by atoms with Crippen molar-refractivity contribution in [3.05, 3.63) is 0 Å². The molecule has 1 aliphatic rings. The van der Waals surface area contributed by atoms with Gasteiger partial charge < -0.3 is 16.0 Å². The number of hydrogen-bond donors (Lipinski definition) is 2. The molecule has 0 aliphatic carbocycles. The van der Waals surface area contributed by atoms with Crippen molar-refractivity contribution in [3.8, 4) is 0 Å². The van der Waals surface area contributed by atoms with Gasteiger partial charge in [-0.05, 0) is 40.5 Å². The number of hydrogen-bond acceptors (Lipinski definition) is 3. The van der Waals surface area contributed by atoms with Crippen LogP contribution in [-0.2, 0) is 0 Å². The lowest BCUT2D eigenvalue weighted by Crippen LogP contribution is -2.49. The van der Waals surface area contributed by atoms with Crippen LogP contribution in [0.3, 0.4) is 0 Å². The van der Waals surface area contributed by atoms with Crippen LogP contribution in [0, 0.1) is 0 Å². The number of primary amides is 1. The van der Waals surface area contributed by atoms with Crippen LogP contribution in [0.15, 0.2) is 0 Å². The van der Waals surface area contributed by atoms with E-state index >= 15 is 0 Å². The summed E-state index contributed by atoms with van der Waals surface area (Å²) < 4.78 is 0. The molecule has 0 bridgehead atoms. The van der Waals surface area contributed by atoms with Gasteiger partial charge in [-0.2, -0.15) is 0 Å². The lowest BCUT2D eigenvalue weighted by Gasteiger charge is -2.34. The van der Waals surface area contributed by atoms with Gasteiger partial charge >= 0.3 is 6.03 Å². The summed E-state index contributed by atoms with van der Waals surface area (Å²) in [6.45, 7) is 12.6. The highest BCUT2D eigenvalue weighted by molar-refractivity contribution is 5.72. The second-order valence-electron chi connectivity index (χ2n) is 5.98. The molecule has 1 saturated heterocycles. The van der Waals surface area contributed by atoms with Crippen molar-refractivity contribution in [3.63, 3.8) is 0 Å². The largest absolute Gasteiger partial charge is 0.351 e. The summed E-state index contributed by atoms with van der Waals surface area (Å²) in [6.07, 6.45) is 2.01. The van der Waals surface area contributed by atoms with Gasteiger partial charge in [0.05, 0.1) is 0 Å². The van der Waals surface area contributed by atoms with Crippen LogP contribution in [0.2, 0.25) is 0 Å². The van der Waals surface area contributed by atoms with E-state index in [1.54, 1.807) is 4.90 Å². The number of nitrogens with two attached hydrogens (primary N) is 1. The Hall–Kier alpha value is -0.810. The minimum atomic E-state index is -0.288. The number of rotatable bonds is 6. The first-order valence-corrected chi connectivity index (χ1v) is 7.45. The number of nitrogens with one attached hydrogen (secondary N) is 1. The van der Waals surface area contributed by atoms with Gasteiger partial charge in [-0.3, -0.25) is 4.90 Å². The van der Waals surface area contributed by atoms with E-state index in [1.807, 2.05) is 0 Å². The maximum atomic E-state index is 11.0. The zero-order valence-electron chi connectivity index (χ0n) is 12.9. The predicted molar refractivity (Wildman–Crippen MR) is 79.2 cm³/mol. The van der Waals surface area contributed by atoms with Gasteiger partial charge in [0, 0.05) is 44.3 Å². The molecular formula is C14H30N4O. The summed E-state index contributed by atoms with van der Waals surface area (Å²) in [4.78, 5) is 15.3. The molecule has 0 spiro atoms. The molecule has 5 nitrogen and oxygen atoms in total. The van der Waals surface area contributed by atoms with Crippen molar-refractivity contribution in [1.29, 1.82) is 0 Å². The van der Waals surface area contributed by atoms with E-state index in [9.17, 15) is 4.79 Å². The third-order valence-corrected chi connectivity index (χ3v) is 3.94. The molecule has 1 rings (SSSR count). The maximum absolute atomic E-state index is 11.0. The van der Waals surface area contributed by atoms with Crippen LogP contribution in [-0.4, -0.2) is 60.1 Å². The molecule has 0 aromatic carbocycles. The molecule has 0 aromatic rings. The fraction of sp³-hybridized carbons (Fsp3) is 0.929. The first kappa shape index (κ1) is 16.2. The van der Waals surface area contributed by atoms with Crippen LogP contribution in [0.25, 0.3) is 0 Å². The minimum Gasteiger partial charge on any atom is -0.351 e. The van der Waals surface area contributed by atoms with E-state index in [-0.39, 0.29) is 6.03 Å². The van der Waals surface area contributed by atoms with Gasteiger partial charge in [-0.15, -0.1) is 0 Å². The molecule has 112 valence electrons. The lowest BCUT2D eigenvalue weighted by atomic mass is 10.1. The maximum Gasteiger partial charge on any atom is 0.314 e. The molecule has 0 aromatic heterocycles. The second-order valence-corrected chi connectivity index (χ2v) is 5.98. The Labute approximate surface area is 117 Å². The Balaban J connectivity index is 2.22. The Morgan fingerprint density at radius 1 is 1.26 bits per heavy atom. The third kappa shape index (κ3) is 5.37. The Kier molecular flexibility index (Phi) is 6.58. The van der Waals surface area contributed by atoms with Gasteiger partial charge in [-0.25, -0.2) is 4.79 Å². The number of urea groups is 1. The molecule has 0 atom stereocenters. The molecule has 3 N–H and O–H groups in total. The van der Waals surface area contributed by atoms with Crippen LogP contribution < -0.4 is 11.1 Å². The van der Waals surface area contributed by atoms with Crippen LogP contribution in [0.1, 0.15) is 40.5 Å². The van der Waals surface area contributed by atoms with Crippen molar-refractivity contribution in [1.82, 2.24) is 15.1 Å². The van der Waals surface area contributed by atoms with Crippen molar-refractivity contribution >= 4 is 6.03 Å². The number of nitrogens with zero attached hydrogens (tertiary/aromatic N) is 2. The van der Waals surface area contributed by atoms with Gasteiger partial charge in [0.1, 0.15) is 0 Å². The molecule has 19 heavy (non-hydrogen) atoms. The normalized spacial score (nSPS) is 17.7. The van der Waals surface area contributed by atoms with E-state index in [2.05, 4.69) is 37.9 Å². The van der Waals surface area contributed by atoms with E-state index in [0.29, 0.717) is 18.1 Å². The summed E-state index contributed by atoms with van der Waals surface area (Å²) in [5, 5.41) is 3.60. The summed E-state index contributed by atoms with van der Waals surface area (Å²) in [5.74, 6) is 0. The van der Waals surface area contributed by atoms with Gasteiger partial charge in [0.2, 0.25) is 0 Å². The van der Waals surface area contributed by atoms with Crippen LogP contribution in [0.5, 0.6) is 0 Å². The second kappa shape index (κ2) is 7.70. The molecule has 1 aliphatic heterocycles. The number of likely N-dealkylation sites (tertiary alicyclic amines) is 1. The Morgan fingerprint density at radius 2 is 1.79 bits per heavy atom. The average molecular weight is 270 g/mol. The Bertz CT molecular complexity index is 265. The van der Waals surface area contributed by atoms with E-state index in [0.717, 1.165) is 39.0 Å². The lowest BCUT2D eigenvalue weighted by molar-refractivity contribution is 0.164. The van der Waals surface area contributed by atoms with E-state index < -0.39 is 0 Å². The first-order valence-electron chi connectivity index (χ1n) is 7.45. The van der Waals surface area contributed by atoms with Gasteiger partial charge in [-0.1, -0.05) is 0 Å². The van der Waals surface area contributed by atoms with Crippen molar-refractivity contribution in [2.24, 2.45) is 5.73 Å². The molecule has 1 heterocycles. The van der Waals surface area contributed by atoms with Gasteiger partial charge in [0.25, 0.3) is 0 Å². The number of carbonyl (C=O) groups excluding carboxylic acids is 1. The van der Waals surface area contributed by atoms with Crippen molar-refractivity contribution < 1.29 is 4.79 Å². The molecule has 0 saturated carbocycles. The predicted octanol–water partition coefficient (Wildman–Crippen LogP) is 1.24. The van der Waals surface area contributed by atoms with Crippen molar-refractivity contribution in [2.75, 3.05) is 26.2 Å². The molecule has 5 heteroatoms. The summed E-state index contributed by atoms with van der Waals surface area (Å²) in [6, 6.07) is 1.40. The van der Waals surface area contributed by atoms with E-state index in [1.165, 1.54) is 0 Å². The highest BCUT2D eigenvalue weighted by Gasteiger charge is 2.21. The van der Waals surface area contributed by atoms with Gasteiger partial charge in [0.15, 0.2) is 0 Å². The quantitative estimate of drug-likeness (QED) is 0.763. The minimum absolute atomic E-state index is 0.288. The van der Waals surface area contributed by atoms with Crippen LogP contribution >= 0.6 is 0 Å². The monoisotopic (exact) mass is 270 g/mol. The SMILES string of the molecule is CC(C)N(CCNC1CCN(C(N)=O)CC1)C(C)C. The fourth-order valence-corrected chi connectivity index (χ4v) is 2.81. The first-order chi connectivity index (χ1) is 8.91. The molecule has 1 fully saturated rings. The fourth-order valence-electron chi connectivity index (χ4n) is 2.81. The van der Waals surface area contributed by atoms with Crippen molar-refractivity contribution in [2.45, 2.75) is 58.7 Å². The average Bonchev–Trinajstić information content (AvgIpc) is 2.34.